The summed E-state index contributed by atoms with van der Waals surface area (Å²) in [5.41, 5.74) is 0.402. The first-order valence-electron chi connectivity index (χ1n) is 6.09. The fraction of sp³-hybridized carbons (Fsp3) is 0.143. The summed E-state index contributed by atoms with van der Waals surface area (Å²) in [6, 6.07) is 7.94. The van der Waals surface area contributed by atoms with Crippen molar-refractivity contribution in [2.24, 2.45) is 0 Å². The van der Waals surface area contributed by atoms with Gasteiger partial charge in [0.1, 0.15) is 13.2 Å². The van der Waals surface area contributed by atoms with Crippen LogP contribution in [0.5, 0.6) is 17.2 Å². The molecule has 2 heterocycles. The highest BCUT2D eigenvalue weighted by molar-refractivity contribution is 6.04. The Bertz CT molecular complexity index is 657. The lowest BCUT2D eigenvalue weighted by atomic mass is 10.2. The minimum atomic E-state index is -0.379. The molecule has 20 heavy (non-hydrogen) atoms. The van der Waals surface area contributed by atoms with Crippen LogP contribution in [-0.4, -0.2) is 29.2 Å². The van der Waals surface area contributed by atoms with E-state index < -0.39 is 0 Å². The van der Waals surface area contributed by atoms with Gasteiger partial charge in [-0.05, 0) is 30.3 Å². The monoisotopic (exact) mass is 272 g/mol. The zero-order chi connectivity index (χ0) is 13.9. The molecule has 0 saturated carbocycles. The van der Waals surface area contributed by atoms with Gasteiger partial charge < -0.3 is 19.9 Å². The number of rotatable bonds is 2. The van der Waals surface area contributed by atoms with Crippen LogP contribution in [0.3, 0.4) is 0 Å². The number of pyridine rings is 1. The first kappa shape index (κ1) is 12.3. The number of nitrogens with zero attached hydrogens (tertiary/aromatic N) is 1. The van der Waals surface area contributed by atoms with Gasteiger partial charge in [0.25, 0.3) is 5.91 Å². The molecule has 1 aromatic carbocycles. The summed E-state index contributed by atoms with van der Waals surface area (Å²) < 4.78 is 10.8. The highest BCUT2D eigenvalue weighted by atomic mass is 16.6. The van der Waals surface area contributed by atoms with Gasteiger partial charge in [0.2, 0.25) is 0 Å². The van der Waals surface area contributed by atoms with Crippen molar-refractivity contribution >= 4 is 11.7 Å². The average Bonchev–Trinajstić information content (AvgIpc) is 2.49. The fourth-order valence-corrected chi connectivity index (χ4v) is 1.86. The molecule has 1 amide bonds. The summed E-state index contributed by atoms with van der Waals surface area (Å²) in [5, 5.41) is 12.1. The summed E-state index contributed by atoms with van der Waals surface area (Å²) in [5.74, 6) is 0.810. The maximum Gasteiger partial charge on any atom is 0.257 e. The van der Waals surface area contributed by atoms with Gasteiger partial charge in [-0.15, -0.1) is 0 Å². The van der Waals surface area contributed by atoms with Crippen molar-refractivity contribution in [3.8, 4) is 17.2 Å². The molecule has 0 aliphatic carbocycles. The number of amides is 1. The number of carbonyl (C=O) groups excluding carboxylic acids is 1. The number of fused-ring (bicyclic) bond motifs is 1. The molecular weight excluding hydrogens is 260 g/mol. The third-order valence-corrected chi connectivity index (χ3v) is 2.82. The number of benzene rings is 1. The average molecular weight is 272 g/mol. The van der Waals surface area contributed by atoms with Crippen LogP contribution in [0.15, 0.2) is 36.5 Å². The minimum absolute atomic E-state index is 0.0848. The zero-order valence-electron chi connectivity index (χ0n) is 10.5. The molecule has 2 N–H and O–H groups in total. The number of hydrogen-bond donors (Lipinski definition) is 2. The van der Waals surface area contributed by atoms with E-state index in [1.165, 1.54) is 12.3 Å². The van der Waals surface area contributed by atoms with Crippen molar-refractivity contribution < 1.29 is 19.4 Å². The Hall–Kier alpha value is -2.76. The van der Waals surface area contributed by atoms with Gasteiger partial charge in [-0.1, -0.05) is 0 Å². The number of aromatic hydroxyl groups is 1. The van der Waals surface area contributed by atoms with Crippen molar-refractivity contribution in [3.63, 3.8) is 0 Å². The summed E-state index contributed by atoms with van der Waals surface area (Å²) in [6.45, 7) is 0.958. The Morgan fingerprint density at radius 1 is 1.20 bits per heavy atom. The molecule has 0 bridgehead atoms. The molecule has 2 aromatic rings. The van der Waals surface area contributed by atoms with Gasteiger partial charge >= 0.3 is 0 Å². The Morgan fingerprint density at radius 2 is 2.00 bits per heavy atom. The predicted molar refractivity (Wildman–Crippen MR) is 71.3 cm³/mol. The molecule has 1 aromatic heterocycles. The number of carbonyl (C=O) groups is 1. The van der Waals surface area contributed by atoms with Crippen LogP contribution in [-0.2, 0) is 0 Å². The lowest BCUT2D eigenvalue weighted by molar-refractivity contribution is 0.102. The first-order chi connectivity index (χ1) is 9.74. The number of aromatic nitrogens is 1. The standard InChI is InChI=1S/C14H12N2O4/c17-10-2-1-5-15-13(10)16-14(18)9-3-4-11-12(8-9)20-7-6-19-11/h1-5,8,17H,6-7H2,(H,15,16,18). The van der Waals surface area contributed by atoms with Crippen LogP contribution in [0.1, 0.15) is 10.4 Å². The lowest BCUT2D eigenvalue weighted by Crippen LogP contribution is -2.17. The molecular formula is C14H12N2O4. The molecule has 6 nitrogen and oxygen atoms in total. The van der Waals surface area contributed by atoms with Gasteiger partial charge in [0.05, 0.1) is 0 Å². The third kappa shape index (κ3) is 2.35. The normalized spacial score (nSPS) is 12.8. The fourth-order valence-electron chi connectivity index (χ4n) is 1.86. The Balaban J connectivity index is 1.82. The van der Waals surface area contributed by atoms with E-state index in [1.807, 2.05) is 0 Å². The molecule has 0 unspecified atom stereocenters. The molecule has 0 spiro atoms. The van der Waals surface area contributed by atoms with Crippen LogP contribution in [0.4, 0.5) is 5.82 Å². The molecule has 0 radical (unpaired) electrons. The Kier molecular flexibility index (Phi) is 3.12. The van der Waals surface area contributed by atoms with Crippen LogP contribution in [0.2, 0.25) is 0 Å². The van der Waals surface area contributed by atoms with Gasteiger partial charge in [0, 0.05) is 11.8 Å². The SMILES string of the molecule is O=C(Nc1ncccc1O)c1ccc2c(c1)OCCO2. The van der Waals surface area contributed by atoms with E-state index in [-0.39, 0.29) is 17.5 Å². The Labute approximate surface area is 115 Å². The summed E-state index contributed by atoms with van der Waals surface area (Å²) >= 11 is 0. The van der Waals surface area contributed by atoms with Crippen LogP contribution < -0.4 is 14.8 Å². The smallest absolute Gasteiger partial charge is 0.257 e. The van der Waals surface area contributed by atoms with E-state index in [0.717, 1.165) is 0 Å². The van der Waals surface area contributed by atoms with Crippen LogP contribution in [0, 0.1) is 0 Å². The van der Waals surface area contributed by atoms with Crippen molar-refractivity contribution in [2.45, 2.75) is 0 Å². The van der Waals surface area contributed by atoms with E-state index in [2.05, 4.69) is 10.3 Å². The minimum Gasteiger partial charge on any atom is -0.504 e. The Morgan fingerprint density at radius 3 is 2.80 bits per heavy atom. The maximum atomic E-state index is 12.1. The number of ether oxygens (including phenoxy) is 2. The van der Waals surface area contributed by atoms with Crippen LogP contribution in [0.25, 0.3) is 0 Å². The van der Waals surface area contributed by atoms with E-state index in [1.54, 1.807) is 24.3 Å². The molecule has 0 saturated heterocycles. The second-order valence-corrected chi connectivity index (χ2v) is 4.18. The number of nitrogens with one attached hydrogen (secondary N) is 1. The van der Waals surface area contributed by atoms with E-state index in [4.69, 9.17) is 9.47 Å². The lowest BCUT2D eigenvalue weighted by Gasteiger charge is -2.18. The first-order valence-corrected chi connectivity index (χ1v) is 6.09. The molecule has 102 valence electrons. The van der Waals surface area contributed by atoms with Crippen LogP contribution >= 0.6 is 0 Å². The van der Waals surface area contributed by atoms with Crippen molar-refractivity contribution in [3.05, 3.63) is 42.1 Å². The van der Waals surface area contributed by atoms with Gasteiger partial charge in [-0.25, -0.2) is 4.98 Å². The second kappa shape index (κ2) is 5.08. The quantitative estimate of drug-likeness (QED) is 0.871. The van der Waals surface area contributed by atoms with Crippen molar-refractivity contribution in [1.82, 2.24) is 4.98 Å². The van der Waals surface area contributed by atoms with E-state index in [0.29, 0.717) is 30.3 Å². The molecule has 6 heteroatoms. The van der Waals surface area contributed by atoms with Crippen molar-refractivity contribution in [1.29, 1.82) is 0 Å². The predicted octanol–water partition coefficient (Wildman–Crippen LogP) is 1.81. The summed E-state index contributed by atoms with van der Waals surface area (Å²) in [4.78, 5) is 16.0. The topological polar surface area (TPSA) is 80.7 Å². The highest BCUT2D eigenvalue weighted by Crippen LogP contribution is 2.31. The number of hydrogen-bond acceptors (Lipinski definition) is 5. The maximum absolute atomic E-state index is 12.1. The molecule has 1 aliphatic rings. The van der Waals surface area contributed by atoms with Gasteiger partial charge in [-0.3, -0.25) is 4.79 Å². The van der Waals surface area contributed by atoms with Crippen molar-refractivity contribution in [2.75, 3.05) is 18.5 Å². The molecule has 0 atom stereocenters. The van der Waals surface area contributed by atoms with Gasteiger partial charge in [-0.2, -0.15) is 0 Å². The van der Waals surface area contributed by atoms with E-state index >= 15 is 0 Å². The third-order valence-electron chi connectivity index (χ3n) is 2.82. The summed E-state index contributed by atoms with van der Waals surface area (Å²) in [6.07, 6.45) is 1.49. The zero-order valence-corrected chi connectivity index (χ0v) is 10.5. The summed E-state index contributed by atoms with van der Waals surface area (Å²) in [7, 11) is 0. The second-order valence-electron chi connectivity index (χ2n) is 4.18. The molecule has 1 aliphatic heterocycles. The molecule has 3 rings (SSSR count). The van der Waals surface area contributed by atoms with E-state index in [9.17, 15) is 9.90 Å². The largest absolute Gasteiger partial charge is 0.504 e. The van der Waals surface area contributed by atoms with Gasteiger partial charge in [0.15, 0.2) is 23.1 Å². The highest BCUT2D eigenvalue weighted by Gasteiger charge is 2.16. The molecule has 0 fully saturated rings. The number of anilines is 1.